The molecule has 17 heavy (non-hydrogen) atoms. The van der Waals surface area contributed by atoms with Gasteiger partial charge >= 0.3 is 0 Å². The molecule has 1 aliphatic heterocycles. The van der Waals surface area contributed by atoms with Gasteiger partial charge in [0.05, 0.1) is 12.0 Å². The number of nitrogens with two attached hydrogens (primary N) is 1. The summed E-state index contributed by atoms with van der Waals surface area (Å²) < 4.78 is 13.6. The number of halogens is 1. The molecule has 0 radical (unpaired) electrons. The van der Waals surface area contributed by atoms with E-state index in [4.69, 9.17) is 11.0 Å². The smallest absolute Gasteiger partial charge is 0.223 e. The summed E-state index contributed by atoms with van der Waals surface area (Å²) >= 11 is 0. The highest BCUT2D eigenvalue weighted by atomic mass is 19.1. The van der Waals surface area contributed by atoms with Crippen molar-refractivity contribution in [3.05, 3.63) is 0 Å². The number of carbonyl (C=O) groups excluding carboxylic acids is 2. The number of rotatable bonds is 3. The van der Waals surface area contributed by atoms with Crippen molar-refractivity contribution in [2.75, 3.05) is 13.1 Å². The fourth-order valence-corrected chi connectivity index (χ4v) is 1.65. The van der Waals surface area contributed by atoms with E-state index in [1.165, 1.54) is 4.90 Å². The Kier molecular flexibility index (Phi) is 3.41. The second-order valence-electron chi connectivity index (χ2n) is 5.07. The molecule has 0 unspecified atom stereocenters. The van der Waals surface area contributed by atoms with Crippen LogP contribution in [0.25, 0.3) is 0 Å². The molecular formula is C11H16FN3O2. The highest BCUT2D eigenvalue weighted by Crippen LogP contribution is 2.28. The van der Waals surface area contributed by atoms with Crippen LogP contribution < -0.4 is 5.73 Å². The fourth-order valence-electron chi connectivity index (χ4n) is 1.65. The summed E-state index contributed by atoms with van der Waals surface area (Å²) in [5, 5.41) is 8.61. The molecule has 6 heteroatoms. The zero-order valence-corrected chi connectivity index (χ0v) is 9.99. The molecule has 0 saturated carbocycles. The van der Waals surface area contributed by atoms with Crippen LogP contribution in [-0.2, 0) is 9.59 Å². The van der Waals surface area contributed by atoms with Gasteiger partial charge in [-0.2, -0.15) is 5.26 Å². The molecule has 94 valence electrons. The Morgan fingerprint density at radius 2 is 2.18 bits per heavy atom. The fraction of sp³-hybridized carbons (Fsp3) is 0.727. The van der Waals surface area contributed by atoms with E-state index in [-0.39, 0.29) is 31.8 Å². The molecule has 0 spiro atoms. The third kappa shape index (κ3) is 2.93. The minimum Gasteiger partial charge on any atom is -0.369 e. The predicted octanol–water partition coefficient (Wildman–Crippen LogP) is 0.352. The van der Waals surface area contributed by atoms with Crippen molar-refractivity contribution in [2.45, 2.75) is 32.4 Å². The Morgan fingerprint density at radius 1 is 1.59 bits per heavy atom. The first-order chi connectivity index (χ1) is 7.70. The van der Waals surface area contributed by atoms with E-state index >= 15 is 0 Å². The first-order valence-corrected chi connectivity index (χ1v) is 5.38. The topological polar surface area (TPSA) is 87.2 Å². The Hall–Kier alpha value is -1.64. The van der Waals surface area contributed by atoms with Gasteiger partial charge in [-0.05, 0) is 0 Å². The highest BCUT2D eigenvalue weighted by Gasteiger charge is 2.41. The minimum atomic E-state index is -1.95. The van der Waals surface area contributed by atoms with Crippen molar-refractivity contribution in [2.24, 2.45) is 11.1 Å². The molecule has 5 nitrogen and oxygen atoms in total. The molecule has 0 bridgehead atoms. The SMILES string of the molecule is CC(C)(CC(=O)N1CC[C@](F)(C#N)C1)C(N)=O. The Bertz CT molecular complexity index is 389. The van der Waals surface area contributed by atoms with Crippen molar-refractivity contribution < 1.29 is 14.0 Å². The lowest BCUT2D eigenvalue weighted by Gasteiger charge is -2.23. The summed E-state index contributed by atoms with van der Waals surface area (Å²) in [6, 6.07) is 1.56. The van der Waals surface area contributed by atoms with Gasteiger partial charge in [0, 0.05) is 19.4 Å². The summed E-state index contributed by atoms with van der Waals surface area (Å²) in [7, 11) is 0. The van der Waals surface area contributed by atoms with E-state index in [0.717, 1.165) is 0 Å². The van der Waals surface area contributed by atoms with Gasteiger partial charge in [0.2, 0.25) is 17.5 Å². The maximum atomic E-state index is 13.6. The van der Waals surface area contributed by atoms with Crippen molar-refractivity contribution in [1.29, 1.82) is 5.26 Å². The third-order valence-electron chi connectivity index (χ3n) is 3.03. The van der Waals surface area contributed by atoms with Crippen LogP contribution >= 0.6 is 0 Å². The lowest BCUT2D eigenvalue weighted by molar-refractivity contribution is -0.138. The summed E-state index contributed by atoms with van der Waals surface area (Å²) in [6.07, 6.45) is -0.0456. The average Bonchev–Trinajstić information content (AvgIpc) is 2.61. The zero-order valence-electron chi connectivity index (χ0n) is 9.99. The van der Waals surface area contributed by atoms with E-state index in [9.17, 15) is 14.0 Å². The Morgan fingerprint density at radius 3 is 2.59 bits per heavy atom. The molecule has 1 heterocycles. The quantitative estimate of drug-likeness (QED) is 0.773. The van der Waals surface area contributed by atoms with Crippen LogP contribution in [0.2, 0.25) is 0 Å². The zero-order chi connectivity index (χ0) is 13.3. The van der Waals surface area contributed by atoms with Gasteiger partial charge in [-0.3, -0.25) is 9.59 Å². The largest absolute Gasteiger partial charge is 0.369 e. The van der Waals surface area contributed by atoms with E-state index < -0.39 is 17.0 Å². The lowest BCUT2D eigenvalue weighted by atomic mass is 9.88. The maximum Gasteiger partial charge on any atom is 0.223 e. The van der Waals surface area contributed by atoms with Gasteiger partial charge in [-0.25, -0.2) is 4.39 Å². The summed E-state index contributed by atoms with van der Waals surface area (Å²) in [5.74, 6) is -0.916. The lowest BCUT2D eigenvalue weighted by Crippen LogP contribution is -2.39. The van der Waals surface area contributed by atoms with Gasteiger partial charge in [0.1, 0.15) is 6.07 Å². The van der Waals surface area contributed by atoms with Gasteiger partial charge in [0.25, 0.3) is 0 Å². The first kappa shape index (κ1) is 13.4. The van der Waals surface area contributed by atoms with Crippen LogP contribution in [-0.4, -0.2) is 35.5 Å². The van der Waals surface area contributed by atoms with E-state index in [2.05, 4.69) is 0 Å². The normalized spacial score (nSPS) is 24.5. The number of nitriles is 1. The molecule has 1 saturated heterocycles. The second-order valence-corrected chi connectivity index (χ2v) is 5.07. The molecule has 0 aromatic rings. The second kappa shape index (κ2) is 4.32. The van der Waals surface area contributed by atoms with Crippen molar-refractivity contribution in [3.63, 3.8) is 0 Å². The number of likely N-dealkylation sites (tertiary alicyclic amines) is 1. The molecule has 2 N–H and O–H groups in total. The summed E-state index contributed by atoms with van der Waals surface area (Å²) in [6.45, 7) is 3.11. The number of carbonyl (C=O) groups is 2. The van der Waals surface area contributed by atoms with Crippen molar-refractivity contribution in [1.82, 2.24) is 4.90 Å². The number of hydrogen-bond acceptors (Lipinski definition) is 3. The molecule has 0 aromatic heterocycles. The van der Waals surface area contributed by atoms with Crippen molar-refractivity contribution in [3.8, 4) is 6.07 Å². The molecule has 0 aromatic carbocycles. The summed E-state index contributed by atoms with van der Waals surface area (Å²) in [4.78, 5) is 24.2. The van der Waals surface area contributed by atoms with Gasteiger partial charge in [-0.15, -0.1) is 0 Å². The monoisotopic (exact) mass is 241 g/mol. The molecule has 1 aliphatic rings. The molecule has 1 rings (SSSR count). The van der Waals surface area contributed by atoms with Gasteiger partial charge in [-0.1, -0.05) is 13.8 Å². The number of amides is 2. The number of hydrogen-bond donors (Lipinski definition) is 1. The average molecular weight is 241 g/mol. The van der Waals surface area contributed by atoms with Crippen LogP contribution in [0.15, 0.2) is 0 Å². The van der Waals surface area contributed by atoms with Crippen LogP contribution in [0.5, 0.6) is 0 Å². The standard InChI is InChI=1S/C11H16FN3O2/c1-10(2,9(14)17)5-8(16)15-4-3-11(12,6-13)7-15/h3-5,7H2,1-2H3,(H2,14,17)/t11-/m0/s1. The summed E-state index contributed by atoms with van der Waals surface area (Å²) in [5.41, 5.74) is 2.26. The minimum absolute atomic E-state index is 0.0201. The third-order valence-corrected chi connectivity index (χ3v) is 3.03. The number of primary amides is 1. The van der Waals surface area contributed by atoms with Gasteiger partial charge in [0.15, 0.2) is 0 Å². The predicted molar refractivity (Wildman–Crippen MR) is 58.2 cm³/mol. The molecule has 1 atom stereocenters. The van der Waals surface area contributed by atoms with Crippen LogP contribution in [0, 0.1) is 16.7 Å². The van der Waals surface area contributed by atoms with Gasteiger partial charge < -0.3 is 10.6 Å². The number of nitrogens with zero attached hydrogens (tertiary/aromatic N) is 2. The van der Waals surface area contributed by atoms with E-state index in [1.807, 2.05) is 0 Å². The van der Waals surface area contributed by atoms with Crippen molar-refractivity contribution >= 4 is 11.8 Å². The van der Waals surface area contributed by atoms with Crippen LogP contribution in [0.1, 0.15) is 26.7 Å². The Labute approximate surface area is 99.4 Å². The van der Waals surface area contributed by atoms with Crippen LogP contribution in [0.3, 0.4) is 0 Å². The van der Waals surface area contributed by atoms with E-state index in [0.29, 0.717) is 0 Å². The van der Waals surface area contributed by atoms with Crippen LogP contribution in [0.4, 0.5) is 4.39 Å². The highest BCUT2D eigenvalue weighted by molar-refractivity contribution is 5.87. The number of alkyl halides is 1. The molecule has 0 aliphatic carbocycles. The molecule has 1 fully saturated rings. The maximum absolute atomic E-state index is 13.6. The molecular weight excluding hydrogens is 225 g/mol. The molecule has 2 amide bonds. The van der Waals surface area contributed by atoms with E-state index in [1.54, 1.807) is 19.9 Å². The first-order valence-electron chi connectivity index (χ1n) is 5.38. The Balaban J connectivity index is 2.63.